The van der Waals surface area contributed by atoms with E-state index in [1.807, 2.05) is 24.3 Å². The topological polar surface area (TPSA) is 44.5 Å². The van der Waals surface area contributed by atoms with E-state index in [0.717, 1.165) is 18.6 Å². The predicted octanol–water partition coefficient (Wildman–Crippen LogP) is 3.17. The van der Waals surface area contributed by atoms with Gasteiger partial charge < -0.3 is 15.2 Å². The Bertz CT molecular complexity index is 543. The van der Waals surface area contributed by atoms with E-state index in [9.17, 15) is 4.39 Å². The van der Waals surface area contributed by atoms with Crippen LogP contribution < -0.4 is 15.2 Å². The van der Waals surface area contributed by atoms with Gasteiger partial charge in [0.15, 0.2) is 0 Å². The van der Waals surface area contributed by atoms with Crippen molar-refractivity contribution in [1.82, 2.24) is 0 Å². The molecule has 21 heavy (non-hydrogen) atoms. The van der Waals surface area contributed by atoms with Crippen molar-refractivity contribution in [1.29, 1.82) is 0 Å². The van der Waals surface area contributed by atoms with Crippen molar-refractivity contribution in [2.24, 2.45) is 5.73 Å². The molecule has 2 aromatic carbocycles. The molecule has 4 heteroatoms. The molecular formula is C17H20FNO2. The summed E-state index contributed by atoms with van der Waals surface area (Å²) in [6.07, 6.45) is 1.61. The van der Waals surface area contributed by atoms with E-state index in [0.29, 0.717) is 25.5 Å². The Balaban J connectivity index is 1.65. The van der Waals surface area contributed by atoms with Gasteiger partial charge in [-0.2, -0.15) is 0 Å². The number of hydrogen-bond acceptors (Lipinski definition) is 3. The highest BCUT2D eigenvalue weighted by Crippen LogP contribution is 2.14. The minimum atomic E-state index is -0.290. The van der Waals surface area contributed by atoms with Crippen molar-refractivity contribution in [2.75, 3.05) is 19.8 Å². The molecule has 0 unspecified atom stereocenters. The monoisotopic (exact) mass is 289 g/mol. The molecule has 2 aromatic rings. The van der Waals surface area contributed by atoms with Crippen LogP contribution in [0.4, 0.5) is 4.39 Å². The fourth-order valence-corrected chi connectivity index (χ4v) is 1.91. The second-order valence-electron chi connectivity index (χ2n) is 4.69. The lowest BCUT2D eigenvalue weighted by atomic mass is 10.1. The third-order valence-electron chi connectivity index (χ3n) is 2.98. The number of halogens is 1. The fraction of sp³-hybridized carbons (Fsp3) is 0.294. The first-order valence-corrected chi connectivity index (χ1v) is 7.08. The lowest BCUT2D eigenvalue weighted by Crippen LogP contribution is -2.05. The molecule has 0 heterocycles. The zero-order valence-corrected chi connectivity index (χ0v) is 11.9. The lowest BCUT2D eigenvalue weighted by Gasteiger charge is -2.08. The van der Waals surface area contributed by atoms with Crippen LogP contribution in [-0.4, -0.2) is 19.8 Å². The molecule has 0 amide bonds. The first-order valence-electron chi connectivity index (χ1n) is 7.08. The summed E-state index contributed by atoms with van der Waals surface area (Å²) in [5.41, 5.74) is 6.71. The average molecular weight is 289 g/mol. The Morgan fingerprint density at radius 3 is 2.29 bits per heavy atom. The number of rotatable bonds is 8. The maximum absolute atomic E-state index is 12.9. The van der Waals surface area contributed by atoms with Gasteiger partial charge in [-0.1, -0.05) is 18.2 Å². The predicted molar refractivity (Wildman–Crippen MR) is 81.2 cm³/mol. The maximum Gasteiger partial charge on any atom is 0.126 e. The van der Waals surface area contributed by atoms with Gasteiger partial charge in [0.05, 0.1) is 13.2 Å². The first kappa shape index (κ1) is 15.3. The minimum Gasteiger partial charge on any atom is -0.493 e. The molecule has 2 N–H and O–H groups in total. The summed E-state index contributed by atoms with van der Waals surface area (Å²) < 4.78 is 24.0. The molecule has 0 aliphatic carbocycles. The lowest BCUT2D eigenvalue weighted by molar-refractivity contribution is 0.247. The Kier molecular flexibility index (Phi) is 6.03. The van der Waals surface area contributed by atoms with Gasteiger partial charge in [-0.25, -0.2) is 4.39 Å². The van der Waals surface area contributed by atoms with E-state index in [2.05, 4.69) is 0 Å². The van der Waals surface area contributed by atoms with Crippen molar-refractivity contribution in [3.63, 3.8) is 0 Å². The van der Waals surface area contributed by atoms with E-state index in [1.165, 1.54) is 17.7 Å². The van der Waals surface area contributed by atoms with Crippen LogP contribution in [0.1, 0.15) is 12.0 Å². The Morgan fingerprint density at radius 1 is 0.905 bits per heavy atom. The minimum absolute atomic E-state index is 0.290. The second kappa shape index (κ2) is 8.27. The van der Waals surface area contributed by atoms with E-state index < -0.39 is 0 Å². The molecule has 112 valence electrons. The van der Waals surface area contributed by atoms with Crippen LogP contribution in [-0.2, 0) is 6.42 Å². The number of benzene rings is 2. The summed E-state index contributed by atoms with van der Waals surface area (Å²) in [7, 11) is 0. The molecule has 0 radical (unpaired) electrons. The largest absolute Gasteiger partial charge is 0.493 e. The van der Waals surface area contributed by atoms with Crippen LogP contribution >= 0.6 is 0 Å². The zero-order chi connectivity index (χ0) is 14.9. The highest BCUT2D eigenvalue weighted by Gasteiger charge is 1.98. The van der Waals surface area contributed by atoms with E-state index in [1.54, 1.807) is 12.1 Å². The molecule has 0 aliphatic heterocycles. The normalized spacial score (nSPS) is 10.4. The fourth-order valence-electron chi connectivity index (χ4n) is 1.91. The van der Waals surface area contributed by atoms with E-state index in [4.69, 9.17) is 15.2 Å². The molecule has 0 saturated heterocycles. The van der Waals surface area contributed by atoms with Gasteiger partial charge in [0, 0.05) is 12.5 Å². The van der Waals surface area contributed by atoms with Crippen LogP contribution in [0.25, 0.3) is 0 Å². The zero-order valence-electron chi connectivity index (χ0n) is 11.9. The summed E-state index contributed by atoms with van der Waals surface area (Å²) in [6.45, 7) is 1.71. The van der Waals surface area contributed by atoms with Gasteiger partial charge in [0.1, 0.15) is 17.3 Å². The number of hydrogen-bond donors (Lipinski definition) is 1. The molecule has 0 aromatic heterocycles. The van der Waals surface area contributed by atoms with Crippen LogP contribution in [0.3, 0.4) is 0 Å². The highest BCUT2D eigenvalue weighted by molar-refractivity contribution is 5.27. The van der Waals surface area contributed by atoms with Gasteiger partial charge in [-0.05, 0) is 42.8 Å². The standard InChI is InChI=1S/C17H20FNO2/c18-15-3-1-4-17(13-15)21-12-2-11-20-16-7-5-14(6-8-16)9-10-19/h1,3-8,13H,2,9-12,19H2. The summed E-state index contributed by atoms with van der Waals surface area (Å²) in [4.78, 5) is 0. The molecular weight excluding hydrogens is 269 g/mol. The Labute approximate surface area is 124 Å². The van der Waals surface area contributed by atoms with Crippen LogP contribution in [0.5, 0.6) is 11.5 Å². The van der Waals surface area contributed by atoms with Crippen molar-refractivity contribution in [2.45, 2.75) is 12.8 Å². The molecule has 0 atom stereocenters. The van der Waals surface area contributed by atoms with E-state index >= 15 is 0 Å². The van der Waals surface area contributed by atoms with Gasteiger partial charge >= 0.3 is 0 Å². The van der Waals surface area contributed by atoms with Gasteiger partial charge in [-0.3, -0.25) is 0 Å². The van der Waals surface area contributed by atoms with Crippen molar-refractivity contribution < 1.29 is 13.9 Å². The summed E-state index contributed by atoms with van der Waals surface area (Å²) in [5.74, 6) is 1.09. The molecule has 0 bridgehead atoms. The molecule has 0 fully saturated rings. The smallest absolute Gasteiger partial charge is 0.126 e. The Hall–Kier alpha value is -2.07. The summed E-state index contributed by atoms with van der Waals surface area (Å²) in [6, 6.07) is 14.1. The third-order valence-corrected chi connectivity index (χ3v) is 2.98. The molecule has 0 aliphatic rings. The van der Waals surface area contributed by atoms with Crippen LogP contribution in [0.2, 0.25) is 0 Å². The number of nitrogens with two attached hydrogens (primary N) is 1. The van der Waals surface area contributed by atoms with Gasteiger partial charge in [0.25, 0.3) is 0 Å². The molecule has 2 rings (SSSR count). The summed E-state index contributed by atoms with van der Waals surface area (Å²) in [5, 5.41) is 0. The third kappa shape index (κ3) is 5.44. The number of ether oxygens (including phenoxy) is 2. The van der Waals surface area contributed by atoms with Crippen molar-refractivity contribution in [3.05, 3.63) is 59.9 Å². The SMILES string of the molecule is NCCc1ccc(OCCCOc2cccc(F)c2)cc1. The molecule has 0 saturated carbocycles. The molecule has 3 nitrogen and oxygen atoms in total. The molecule has 0 spiro atoms. The maximum atomic E-state index is 12.9. The van der Waals surface area contributed by atoms with Crippen LogP contribution in [0.15, 0.2) is 48.5 Å². The quantitative estimate of drug-likeness (QED) is 0.759. The first-order chi connectivity index (χ1) is 10.3. The van der Waals surface area contributed by atoms with Crippen molar-refractivity contribution >= 4 is 0 Å². The van der Waals surface area contributed by atoms with E-state index in [-0.39, 0.29) is 5.82 Å². The van der Waals surface area contributed by atoms with Crippen molar-refractivity contribution in [3.8, 4) is 11.5 Å². The second-order valence-corrected chi connectivity index (χ2v) is 4.69. The van der Waals surface area contributed by atoms with Gasteiger partial charge in [0.2, 0.25) is 0 Å². The highest BCUT2D eigenvalue weighted by atomic mass is 19.1. The van der Waals surface area contributed by atoms with Crippen LogP contribution in [0, 0.1) is 5.82 Å². The average Bonchev–Trinajstić information content (AvgIpc) is 2.49. The van der Waals surface area contributed by atoms with Gasteiger partial charge in [-0.15, -0.1) is 0 Å². The Morgan fingerprint density at radius 2 is 1.62 bits per heavy atom. The summed E-state index contributed by atoms with van der Waals surface area (Å²) >= 11 is 0.